The van der Waals surface area contributed by atoms with Crippen molar-refractivity contribution in [1.29, 1.82) is 0 Å². The topological polar surface area (TPSA) is 18.5 Å². The van der Waals surface area contributed by atoms with Crippen LogP contribution in [0.1, 0.15) is 67.2 Å². The Bertz CT molecular complexity index is 326. The molecule has 2 fully saturated rings. The van der Waals surface area contributed by atoms with E-state index in [1.165, 1.54) is 43.8 Å². The molecule has 21 heavy (non-hydrogen) atoms. The van der Waals surface area contributed by atoms with Crippen molar-refractivity contribution < 1.29 is 9.31 Å². The van der Waals surface area contributed by atoms with Gasteiger partial charge in [0.1, 0.15) is 0 Å². The molecule has 2 atom stereocenters. The van der Waals surface area contributed by atoms with Crippen LogP contribution in [0.2, 0.25) is 23.9 Å². The van der Waals surface area contributed by atoms with Crippen molar-refractivity contribution in [2.24, 2.45) is 5.92 Å². The molecule has 1 saturated heterocycles. The van der Waals surface area contributed by atoms with Gasteiger partial charge in [0, 0.05) is 8.80 Å². The van der Waals surface area contributed by atoms with Gasteiger partial charge >= 0.3 is 7.12 Å². The fraction of sp³-hybridized carbons (Fsp3) is 1.00. The van der Waals surface area contributed by atoms with Crippen LogP contribution >= 0.6 is 0 Å². The summed E-state index contributed by atoms with van der Waals surface area (Å²) in [5, 5.41) is 0. The maximum absolute atomic E-state index is 6.37. The molecular weight excluding hydrogens is 275 g/mol. The fourth-order valence-electron chi connectivity index (χ4n) is 3.82. The lowest BCUT2D eigenvalue weighted by atomic mass is 9.59. The molecule has 2 rings (SSSR count). The van der Waals surface area contributed by atoms with E-state index in [1.54, 1.807) is 0 Å². The monoisotopic (exact) mass is 309 g/mol. The van der Waals surface area contributed by atoms with Crippen LogP contribution in [0.25, 0.3) is 0 Å². The Morgan fingerprint density at radius 1 is 0.952 bits per heavy atom. The van der Waals surface area contributed by atoms with E-state index < -0.39 is 0 Å². The van der Waals surface area contributed by atoms with Crippen LogP contribution in [0.15, 0.2) is 0 Å². The molecule has 1 saturated carbocycles. The summed E-state index contributed by atoms with van der Waals surface area (Å²) in [6.45, 7) is 13.5. The van der Waals surface area contributed by atoms with Crippen molar-refractivity contribution in [2.45, 2.75) is 102 Å². The molecule has 0 amide bonds. The zero-order valence-electron chi connectivity index (χ0n) is 15.0. The molecule has 0 aromatic carbocycles. The van der Waals surface area contributed by atoms with Crippen molar-refractivity contribution in [1.82, 2.24) is 0 Å². The van der Waals surface area contributed by atoms with Crippen LogP contribution < -0.4 is 0 Å². The summed E-state index contributed by atoms with van der Waals surface area (Å²) < 4.78 is 12.7. The van der Waals surface area contributed by atoms with E-state index in [0.29, 0.717) is 5.82 Å². The first-order valence-electron chi connectivity index (χ1n) is 9.00. The minimum atomic E-state index is -0.178. The standard InChI is InChI=1S/C17H34BO2Si/c1-7-21(8-2)13-14-11-9-10-12-15(14)18-19-16(3,4)17(5,6)20-18/h14-15H,7-13H2,1-6H3/t14-,15+/m0/s1. The first kappa shape index (κ1) is 17.6. The van der Waals surface area contributed by atoms with Crippen LogP contribution in [0.4, 0.5) is 0 Å². The Morgan fingerprint density at radius 2 is 1.48 bits per heavy atom. The van der Waals surface area contributed by atoms with Gasteiger partial charge in [0.2, 0.25) is 0 Å². The second-order valence-electron chi connectivity index (χ2n) is 7.99. The number of rotatable bonds is 5. The summed E-state index contributed by atoms with van der Waals surface area (Å²) in [6.07, 6.45) is 5.45. The third-order valence-electron chi connectivity index (χ3n) is 6.14. The maximum atomic E-state index is 6.37. The lowest BCUT2D eigenvalue weighted by molar-refractivity contribution is 0.00578. The highest BCUT2D eigenvalue weighted by molar-refractivity contribution is 6.59. The van der Waals surface area contributed by atoms with E-state index >= 15 is 0 Å². The van der Waals surface area contributed by atoms with Gasteiger partial charge in [-0.1, -0.05) is 57.7 Å². The highest BCUT2D eigenvalue weighted by Crippen LogP contribution is 2.47. The Kier molecular flexibility index (Phi) is 5.65. The normalized spacial score (nSPS) is 31.9. The zero-order chi connectivity index (χ0) is 15.7. The molecule has 1 heterocycles. The van der Waals surface area contributed by atoms with E-state index in [9.17, 15) is 0 Å². The molecule has 2 aliphatic rings. The predicted octanol–water partition coefficient (Wildman–Crippen LogP) is 5.17. The zero-order valence-corrected chi connectivity index (χ0v) is 16.0. The number of hydrogen-bond donors (Lipinski definition) is 0. The van der Waals surface area contributed by atoms with Crippen LogP contribution in [0.5, 0.6) is 0 Å². The summed E-state index contributed by atoms with van der Waals surface area (Å²) in [4.78, 5) is 0. The summed E-state index contributed by atoms with van der Waals surface area (Å²) >= 11 is 0. The summed E-state index contributed by atoms with van der Waals surface area (Å²) in [5.74, 6) is 1.46. The van der Waals surface area contributed by atoms with Gasteiger partial charge in [0.05, 0.1) is 11.2 Å². The van der Waals surface area contributed by atoms with E-state index in [-0.39, 0.29) is 27.1 Å². The van der Waals surface area contributed by atoms with Gasteiger partial charge in [-0.2, -0.15) is 0 Å². The largest absolute Gasteiger partial charge is 0.461 e. The molecular formula is C17H34BO2Si. The average molecular weight is 309 g/mol. The van der Waals surface area contributed by atoms with Gasteiger partial charge in [-0.15, -0.1) is 0 Å². The summed E-state index contributed by atoms with van der Waals surface area (Å²) in [7, 11) is -0.126. The van der Waals surface area contributed by atoms with Gasteiger partial charge in [0.25, 0.3) is 0 Å². The predicted molar refractivity (Wildman–Crippen MR) is 93.3 cm³/mol. The van der Waals surface area contributed by atoms with Crippen molar-refractivity contribution >= 4 is 15.9 Å². The molecule has 1 radical (unpaired) electrons. The third kappa shape index (κ3) is 3.76. The molecule has 1 aliphatic carbocycles. The highest BCUT2D eigenvalue weighted by Gasteiger charge is 2.55. The Hall–Kier alpha value is 0.202. The Balaban J connectivity index is 2.06. The van der Waals surface area contributed by atoms with Crippen molar-refractivity contribution in [3.05, 3.63) is 0 Å². The van der Waals surface area contributed by atoms with Crippen LogP contribution in [0, 0.1) is 5.92 Å². The van der Waals surface area contributed by atoms with E-state index in [4.69, 9.17) is 9.31 Å². The first-order chi connectivity index (χ1) is 9.80. The molecule has 0 bridgehead atoms. The second kappa shape index (κ2) is 6.76. The molecule has 4 heteroatoms. The van der Waals surface area contributed by atoms with Crippen molar-refractivity contribution in [3.8, 4) is 0 Å². The molecule has 1 aliphatic heterocycles. The minimum Gasteiger partial charge on any atom is -0.403 e. The van der Waals surface area contributed by atoms with E-state index in [0.717, 1.165) is 5.92 Å². The lowest BCUT2D eigenvalue weighted by Gasteiger charge is -2.34. The smallest absolute Gasteiger partial charge is 0.403 e. The first-order valence-corrected chi connectivity index (χ1v) is 11.1. The summed E-state index contributed by atoms with van der Waals surface area (Å²) in [6, 6.07) is 4.29. The number of hydrogen-bond acceptors (Lipinski definition) is 2. The molecule has 0 N–H and O–H groups in total. The molecule has 0 unspecified atom stereocenters. The van der Waals surface area contributed by atoms with Gasteiger partial charge in [0.15, 0.2) is 0 Å². The van der Waals surface area contributed by atoms with Crippen LogP contribution in [0.3, 0.4) is 0 Å². The quantitative estimate of drug-likeness (QED) is 0.652. The lowest BCUT2D eigenvalue weighted by Crippen LogP contribution is -2.41. The van der Waals surface area contributed by atoms with Crippen molar-refractivity contribution in [2.75, 3.05) is 0 Å². The minimum absolute atomic E-state index is 0.0252. The van der Waals surface area contributed by atoms with Crippen LogP contribution in [-0.4, -0.2) is 27.1 Å². The van der Waals surface area contributed by atoms with E-state index in [2.05, 4.69) is 41.5 Å². The highest BCUT2D eigenvalue weighted by atomic mass is 28.3. The van der Waals surface area contributed by atoms with Crippen molar-refractivity contribution in [3.63, 3.8) is 0 Å². The fourth-order valence-corrected chi connectivity index (χ4v) is 6.15. The van der Waals surface area contributed by atoms with Gasteiger partial charge < -0.3 is 9.31 Å². The molecule has 0 aromatic rings. The van der Waals surface area contributed by atoms with Gasteiger partial charge in [-0.05, 0) is 39.4 Å². The average Bonchev–Trinajstić information content (AvgIpc) is 2.65. The van der Waals surface area contributed by atoms with Crippen LogP contribution in [-0.2, 0) is 9.31 Å². The summed E-state index contributed by atoms with van der Waals surface area (Å²) in [5.41, 5.74) is -0.355. The second-order valence-corrected chi connectivity index (χ2v) is 11.3. The molecule has 121 valence electrons. The molecule has 0 spiro atoms. The van der Waals surface area contributed by atoms with Gasteiger partial charge in [-0.3, -0.25) is 0 Å². The maximum Gasteiger partial charge on any atom is 0.461 e. The Labute approximate surface area is 134 Å². The van der Waals surface area contributed by atoms with Gasteiger partial charge in [-0.25, -0.2) is 0 Å². The molecule has 0 aromatic heterocycles. The molecule has 2 nitrogen and oxygen atoms in total. The van der Waals surface area contributed by atoms with E-state index in [1.807, 2.05) is 0 Å². The third-order valence-corrected chi connectivity index (χ3v) is 9.24. The SMILES string of the molecule is CC[Si](CC)C[C@@H]1CCCC[C@H]1B1OC(C)(C)C(C)(C)O1. The Morgan fingerprint density at radius 3 is 2.00 bits per heavy atom.